The van der Waals surface area contributed by atoms with Crippen molar-refractivity contribution in [3.8, 4) is 0 Å². The topological polar surface area (TPSA) is 43.4 Å². The van der Waals surface area contributed by atoms with Gasteiger partial charge in [0.25, 0.3) is 0 Å². The van der Waals surface area contributed by atoms with E-state index in [0.29, 0.717) is 0 Å². The number of hydrogen-bond acceptors (Lipinski definition) is 3. The summed E-state index contributed by atoms with van der Waals surface area (Å²) in [5, 5.41) is 0. The molecule has 3 aromatic carbocycles. The van der Waals surface area contributed by atoms with Crippen LogP contribution in [0.2, 0.25) is 0 Å². The fourth-order valence-corrected chi connectivity index (χ4v) is 3.11. The molecule has 0 radical (unpaired) electrons. The molecule has 0 amide bonds. The van der Waals surface area contributed by atoms with Crippen molar-refractivity contribution >= 4 is 11.8 Å². The third-order valence-corrected chi connectivity index (χ3v) is 4.20. The zero-order chi connectivity index (χ0) is 18.4. The molecule has 0 aliphatic heterocycles. The van der Waals surface area contributed by atoms with Gasteiger partial charge in [0.05, 0.1) is 0 Å². The first kappa shape index (κ1) is 17.6. The predicted octanol–water partition coefficient (Wildman–Crippen LogP) is 4.50. The normalized spacial score (nSPS) is 11.0. The smallest absolute Gasteiger partial charge is 0.314 e. The maximum Gasteiger partial charge on any atom is 0.314 e. The number of benzene rings is 3. The van der Waals surface area contributed by atoms with Crippen LogP contribution in [-0.2, 0) is 19.9 Å². The maximum atomic E-state index is 12.5. The van der Waals surface area contributed by atoms with Crippen molar-refractivity contribution in [3.05, 3.63) is 108 Å². The number of hydrogen-bond donors (Lipinski definition) is 0. The average Bonchev–Trinajstić information content (AvgIpc) is 2.67. The van der Waals surface area contributed by atoms with Gasteiger partial charge in [-0.3, -0.25) is 9.59 Å². The van der Waals surface area contributed by atoms with Gasteiger partial charge >= 0.3 is 5.97 Å². The molecule has 3 rings (SSSR count). The van der Waals surface area contributed by atoms with Crippen molar-refractivity contribution in [3.63, 3.8) is 0 Å². The lowest BCUT2D eigenvalue weighted by Gasteiger charge is -2.35. The molecule has 0 saturated carbocycles. The number of esters is 1. The fraction of sp³-hybridized carbons (Fsp3) is 0.130. The van der Waals surface area contributed by atoms with E-state index < -0.39 is 11.6 Å². The fourth-order valence-electron chi connectivity index (χ4n) is 3.11. The van der Waals surface area contributed by atoms with E-state index in [1.54, 1.807) is 0 Å². The molecule has 0 N–H and O–H groups in total. The highest BCUT2D eigenvalue weighted by Crippen LogP contribution is 2.40. The Kier molecular flexibility index (Phi) is 5.28. The van der Waals surface area contributed by atoms with Gasteiger partial charge in [-0.25, -0.2) is 0 Å². The third-order valence-electron chi connectivity index (χ3n) is 4.20. The highest BCUT2D eigenvalue weighted by molar-refractivity contribution is 5.94. The van der Waals surface area contributed by atoms with Crippen molar-refractivity contribution in [1.29, 1.82) is 0 Å². The van der Waals surface area contributed by atoms with Crippen LogP contribution >= 0.6 is 0 Å². The molecule has 0 aliphatic carbocycles. The quantitative estimate of drug-likeness (QED) is 0.376. The van der Waals surface area contributed by atoms with Crippen LogP contribution in [0.25, 0.3) is 0 Å². The molecule has 3 nitrogen and oxygen atoms in total. The first-order valence-electron chi connectivity index (χ1n) is 8.51. The Morgan fingerprint density at radius 2 is 1.04 bits per heavy atom. The summed E-state index contributed by atoms with van der Waals surface area (Å²) in [6.07, 6.45) is -0.256. The molecule has 0 aliphatic rings. The second kappa shape index (κ2) is 7.79. The summed E-state index contributed by atoms with van der Waals surface area (Å²) in [5.74, 6) is -0.771. The van der Waals surface area contributed by atoms with Crippen LogP contribution < -0.4 is 0 Å². The number of ether oxygens (including phenoxy) is 1. The second-order valence-corrected chi connectivity index (χ2v) is 6.13. The molecule has 0 heterocycles. The highest BCUT2D eigenvalue weighted by Gasteiger charge is 2.40. The Morgan fingerprint density at radius 3 is 1.35 bits per heavy atom. The minimum atomic E-state index is -1.11. The van der Waals surface area contributed by atoms with Gasteiger partial charge in [-0.1, -0.05) is 91.0 Å². The van der Waals surface area contributed by atoms with Crippen LogP contribution in [0, 0.1) is 0 Å². The van der Waals surface area contributed by atoms with E-state index in [1.807, 2.05) is 91.0 Å². The second-order valence-electron chi connectivity index (χ2n) is 6.13. The summed E-state index contributed by atoms with van der Waals surface area (Å²) < 4.78 is 6.05. The van der Waals surface area contributed by atoms with Gasteiger partial charge in [0.2, 0.25) is 0 Å². The first-order chi connectivity index (χ1) is 12.6. The number of rotatable bonds is 6. The van der Waals surface area contributed by atoms with Crippen molar-refractivity contribution in [1.82, 2.24) is 0 Å². The molecule has 0 fully saturated rings. The molecule has 0 saturated heterocycles. The van der Waals surface area contributed by atoms with E-state index >= 15 is 0 Å². The summed E-state index contributed by atoms with van der Waals surface area (Å²) in [6, 6.07) is 28.8. The molecule has 0 bridgehead atoms. The lowest BCUT2D eigenvalue weighted by atomic mass is 9.80. The van der Waals surface area contributed by atoms with Crippen LogP contribution in [0.4, 0.5) is 0 Å². The van der Waals surface area contributed by atoms with E-state index in [-0.39, 0.29) is 12.2 Å². The predicted molar refractivity (Wildman–Crippen MR) is 101 cm³/mol. The van der Waals surface area contributed by atoms with Crippen LogP contribution in [0.1, 0.15) is 30.0 Å². The summed E-state index contributed by atoms with van der Waals surface area (Å²) in [7, 11) is 0. The van der Waals surface area contributed by atoms with Gasteiger partial charge in [-0.05, 0) is 6.92 Å². The van der Waals surface area contributed by atoms with E-state index in [2.05, 4.69) is 0 Å². The SMILES string of the molecule is CC(=O)CC(=O)OC(c1ccccc1)(c1ccccc1)c1ccccc1. The largest absolute Gasteiger partial charge is 0.444 e. The zero-order valence-electron chi connectivity index (χ0n) is 14.6. The van der Waals surface area contributed by atoms with E-state index in [0.717, 1.165) is 16.7 Å². The van der Waals surface area contributed by atoms with Gasteiger partial charge in [0, 0.05) is 16.7 Å². The lowest BCUT2D eigenvalue weighted by molar-refractivity contribution is -0.154. The molecule has 0 spiro atoms. The van der Waals surface area contributed by atoms with E-state index in [4.69, 9.17) is 4.74 Å². The highest BCUT2D eigenvalue weighted by atomic mass is 16.6. The molecule has 0 aromatic heterocycles. The zero-order valence-corrected chi connectivity index (χ0v) is 14.6. The molecule has 26 heavy (non-hydrogen) atoms. The van der Waals surface area contributed by atoms with Crippen molar-refractivity contribution in [2.75, 3.05) is 0 Å². The van der Waals surface area contributed by atoms with Crippen molar-refractivity contribution in [2.24, 2.45) is 0 Å². The van der Waals surface area contributed by atoms with Gasteiger partial charge in [-0.15, -0.1) is 0 Å². The standard InChI is InChI=1S/C23H20O3/c1-18(24)17-22(25)26-23(19-11-5-2-6-12-19,20-13-7-3-8-14-20)21-15-9-4-10-16-21/h2-16H,17H2,1H3. The Balaban J connectivity index is 2.24. The Labute approximate surface area is 153 Å². The molecular formula is C23H20O3. The molecule has 0 unspecified atom stereocenters. The van der Waals surface area contributed by atoms with Gasteiger partial charge in [0.1, 0.15) is 12.2 Å². The molecule has 3 heteroatoms. The minimum Gasteiger partial charge on any atom is -0.444 e. The van der Waals surface area contributed by atoms with Crippen molar-refractivity contribution in [2.45, 2.75) is 18.9 Å². The van der Waals surface area contributed by atoms with Crippen LogP contribution in [-0.4, -0.2) is 11.8 Å². The van der Waals surface area contributed by atoms with Gasteiger partial charge in [0.15, 0.2) is 5.60 Å². The Bertz CT molecular complexity index is 774. The van der Waals surface area contributed by atoms with Gasteiger partial charge in [-0.2, -0.15) is 0 Å². The third kappa shape index (κ3) is 3.57. The average molecular weight is 344 g/mol. The molecule has 3 aromatic rings. The molecule has 0 atom stereocenters. The van der Waals surface area contributed by atoms with Crippen LogP contribution in [0.15, 0.2) is 91.0 Å². The van der Waals surface area contributed by atoms with E-state index in [9.17, 15) is 9.59 Å². The van der Waals surface area contributed by atoms with E-state index in [1.165, 1.54) is 6.92 Å². The molecule has 130 valence electrons. The van der Waals surface area contributed by atoms with Crippen LogP contribution in [0.5, 0.6) is 0 Å². The number of carbonyl (C=O) groups is 2. The summed E-state index contributed by atoms with van der Waals surface area (Å²) in [4.78, 5) is 24.0. The lowest BCUT2D eigenvalue weighted by Crippen LogP contribution is -2.35. The number of Topliss-reactive ketones (excluding diaryl/α,β-unsaturated/α-hetero) is 1. The summed E-state index contributed by atoms with van der Waals surface area (Å²) in [6.45, 7) is 1.39. The Morgan fingerprint density at radius 1 is 0.692 bits per heavy atom. The maximum absolute atomic E-state index is 12.5. The van der Waals surface area contributed by atoms with Crippen molar-refractivity contribution < 1.29 is 14.3 Å². The monoisotopic (exact) mass is 344 g/mol. The summed E-state index contributed by atoms with van der Waals surface area (Å²) >= 11 is 0. The Hall–Kier alpha value is -3.20. The molecular weight excluding hydrogens is 324 g/mol. The first-order valence-corrected chi connectivity index (χ1v) is 8.51. The summed E-state index contributed by atoms with van der Waals surface area (Å²) in [5.41, 5.74) is 1.37. The minimum absolute atomic E-state index is 0.224. The number of carbonyl (C=O) groups excluding carboxylic acids is 2. The number of ketones is 1. The van der Waals surface area contributed by atoms with Gasteiger partial charge < -0.3 is 4.74 Å². The van der Waals surface area contributed by atoms with Crippen LogP contribution in [0.3, 0.4) is 0 Å².